The first kappa shape index (κ1) is 15.0. The van der Waals surface area contributed by atoms with E-state index in [1.165, 1.54) is 16.3 Å². The third kappa shape index (κ3) is 3.57. The molecule has 20 heavy (non-hydrogen) atoms. The Morgan fingerprint density at radius 1 is 1.05 bits per heavy atom. The van der Waals surface area contributed by atoms with Gasteiger partial charge >= 0.3 is 0 Å². The van der Waals surface area contributed by atoms with E-state index >= 15 is 0 Å². The molecule has 0 spiro atoms. The topological polar surface area (TPSA) is 18.5 Å². The van der Waals surface area contributed by atoms with E-state index in [1.807, 2.05) is 18.2 Å². The third-order valence-corrected chi connectivity index (χ3v) is 3.75. The van der Waals surface area contributed by atoms with E-state index in [0.29, 0.717) is 0 Å². The highest BCUT2D eigenvalue weighted by Gasteiger charge is 2.05. The molecule has 0 aliphatic heterocycles. The van der Waals surface area contributed by atoms with Gasteiger partial charge in [-0.05, 0) is 60.7 Å². The van der Waals surface area contributed by atoms with Gasteiger partial charge in [-0.2, -0.15) is 0 Å². The minimum atomic E-state index is 0.733. The molecule has 0 aliphatic rings. The summed E-state index contributed by atoms with van der Waals surface area (Å²) in [5, 5.41) is 2.39. The van der Waals surface area contributed by atoms with Crippen molar-refractivity contribution in [2.75, 3.05) is 19.6 Å². The van der Waals surface area contributed by atoms with Crippen molar-refractivity contribution in [1.82, 2.24) is 0 Å². The summed E-state index contributed by atoms with van der Waals surface area (Å²) in [6.45, 7) is 2.85. The minimum absolute atomic E-state index is 0.733. The first-order chi connectivity index (χ1) is 9.76. The highest BCUT2D eigenvalue weighted by Crippen LogP contribution is 2.29. The number of benzene rings is 2. The quantitative estimate of drug-likeness (QED) is 0.531. The van der Waals surface area contributed by atoms with Crippen molar-refractivity contribution in [2.45, 2.75) is 26.2 Å². The monoisotopic (exact) mass is 292 g/mol. The SMILES string of the molecule is COc1ccc2c(C)c(OCCCCCCl)ccc2c1. The summed E-state index contributed by atoms with van der Waals surface area (Å²) in [4.78, 5) is 0. The molecule has 0 N–H and O–H groups in total. The van der Waals surface area contributed by atoms with E-state index in [-0.39, 0.29) is 0 Å². The zero-order chi connectivity index (χ0) is 14.4. The predicted molar refractivity (Wildman–Crippen MR) is 85.3 cm³/mol. The molecule has 2 aromatic rings. The molecule has 0 saturated heterocycles. The van der Waals surface area contributed by atoms with Crippen LogP contribution in [-0.2, 0) is 0 Å². The minimum Gasteiger partial charge on any atom is -0.497 e. The molecule has 0 atom stereocenters. The molecule has 2 nitrogen and oxygen atoms in total. The van der Waals surface area contributed by atoms with Gasteiger partial charge in [0.25, 0.3) is 0 Å². The zero-order valence-corrected chi connectivity index (χ0v) is 12.9. The molecule has 0 saturated carbocycles. The van der Waals surface area contributed by atoms with E-state index in [9.17, 15) is 0 Å². The van der Waals surface area contributed by atoms with Crippen LogP contribution >= 0.6 is 11.6 Å². The van der Waals surface area contributed by atoms with Crippen molar-refractivity contribution in [3.05, 3.63) is 35.9 Å². The molecule has 2 aromatic carbocycles. The summed E-state index contributed by atoms with van der Waals surface area (Å²) in [5.41, 5.74) is 1.18. The zero-order valence-electron chi connectivity index (χ0n) is 12.1. The lowest BCUT2D eigenvalue weighted by Crippen LogP contribution is -1.99. The van der Waals surface area contributed by atoms with Gasteiger partial charge in [-0.25, -0.2) is 0 Å². The molecular weight excluding hydrogens is 272 g/mol. The van der Waals surface area contributed by atoms with Crippen molar-refractivity contribution in [2.24, 2.45) is 0 Å². The van der Waals surface area contributed by atoms with E-state index in [4.69, 9.17) is 21.1 Å². The lowest BCUT2D eigenvalue weighted by Gasteiger charge is -2.12. The maximum atomic E-state index is 5.87. The van der Waals surface area contributed by atoms with Crippen LogP contribution in [0.5, 0.6) is 11.5 Å². The summed E-state index contributed by atoms with van der Waals surface area (Å²) in [7, 11) is 1.69. The van der Waals surface area contributed by atoms with E-state index in [0.717, 1.165) is 43.2 Å². The Labute approximate surface area is 125 Å². The molecule has 0 heterocycles. The number of hydrogen-bond acceptors (Lipinski definition) is 2. The van der Waals surface area contributed by atoms with Gasteiger partial charge in [-0.3, -0.25) is 0 Å². The number of rotatable bonds is 7. The summed E-state index contributed by atoms with van der Waals surface area (Å²) in [6.07, 6.45) is 3.22. The Morgan fingerprint density at radius 3 is 2.65 bits per heavy atom. The van der Waals surface area contributed by atoms with Crippen LogP contribution in [0.1, 0.15) is 24.8 Å². The molecule has 2 rings (SSSR count). The Balaban J connectivity index is 2.09. The Bertz CT molecular complexity index is 566. The molecule has 108 valence electrons. The Hall–Kier alpha value is -1.41. The third-order valence-electron chi connectivity index (χ3n) is 3.48. The van der Waals surface area contributed by atoms with Crippen LogP contribution in [0.25, 0.3) is 10.8 Å². The van der Waals surface area contributed by atoms with Crippen LogP contribution in [0, 0.1) is 6.92 Å². The summed E-state index contributed by atoms with van der Waals surface area (Å²) < 4.78 is 11.1. The standard InChI is InChI=1S/C17H21ClO2/c1-13-16-8-7-15(19-2)12-14(16)6-9-17(13)20-11-5-3-4-10-18/h6-9,12H,3-5,10-11H2,1-2H3. The predicted octanol–water partition coefficient (Wildman–Crippen LogP) is 4.94. The molecule has 0 fully saturated rings. The van der Waals surface area contributed by atoms with Crippen molar-refractivity contribution < 1.29 is 9.47 Å². The largest absolute Gasteiger partial charge is 0.497 e. The number of unbranched alkanes of at least 4 members (excludes halogenated alkanes) is 2. The van der Waals surface area contributed by atoms with Crippen molar-refractivity contribution in [3.63, 3.8) is 0 Å². The summed E-state index contributed by atoms with van der Waals surface area (Å²) >= 11 is 5.66. The average molecular weight is 293 g/mol. The van der Waals surface area contributed by atoms with Crippen molar-refractivity contribution in [1.29, 1.82) is 0 Å². The fourth-order valence-corrected chi connectivity index (χ4v) is 2.47. The highest BCUT2D eigenvalue weighted by molar-refractivity contribution is 6.17. The number of ether oxygens (including phenoxy) is 2. The number of fused-ring (bicyclic) bond motifs is 1. The molecule has 0 aromatic heterocycles. The number of halogens is 1. The van der Waals surface area contributed by atoms with Gasteiger partial charge in [0, 0.05) is 5.88 Å². The van der Waals surface area contributed by atoms with Gasteiger partial charge in [-0.15, -0.1) is 11.6 Å². The number of aryl methyl sites for hydroxylation is 1. The molecule has 0 amide bonds. The van der Waals surface area contributed by atoms with Crippen molar-refractivity contribution >= 4 is 22.4 Å². The lowest BCUT2D eigenvalue weighted by atomic mass is 10.0. The summed E-state index contributed by atoms with van der Waals surface area (Å²) in [5.74, 6) is 2.58. The first-order valence-electron chi connectivity index (χ1n) is 7.02. The van der Waals surface area contributed by atoms with Gasteiger partial charge in [0.05, 0.1) is 13.7 Å². The second-order valence-corrected chi connectivity index (χ2v) is 5.25. The Kier molecular flexibility index (Phi) is 5.54. The van der Waals surface area contributed by atoms with Crippen LogP contribution in [0.15, 0.2) is 30.3 Å². The van der Waals surface area contributed by atoms with Crippen LogP contribution in [0.3, 0.4) is 0 Å². The van der Waals surface area contributed by atoms with Gasteiger partial charge in [0.1, 0.15) is 11.5 Å². The fourth-order valence-electron chi connectivity index (χ4n) is 2.28. The number of alkyl halides is 1. The maximum absolute atomic E-state index is 5.87. The van der Waals surface area contributed by atoms with Crippen LogP contribution in [0.2, 0.25) is 0 Å². The molecule has 0 unspecified atom stereocenters. The highest BCUT2D eigenvalue weighted by atomic mass is 35.5. The van der Waals surface area contributed by atoms with Crippen LogP contribution in [-0.4, -0.2) is 19.6 Å². The van der Waals surface area contributed by atoms with Gasteiger partial charge in [-0.1, -0.05) is 12.1 Å². The summed E-state index contributed by atoms with van der Waals surface area (Å²) in [6, 6.07) is 10.2. The average Bonchev–Trinajstić information content (AvgIpc) is 2.48. The molecular formula is C17H21ClO2. The molecule has 0 aliphatic carbocycles. The Morgan fingerprint density at radius 2 is 1.90 bits per heavy atom. The lowest BCUT2D eigenvalue weighted by molar-refractivity contribution is 0.305. The first-order valence-corrected chi connectivity index (χ1v) is 7.56. The van der Waals surface area contributed by atoms with Crippen molar-refractivity contribution in [3.8, 4) is 11.5 Å². The van der Waals surface area contributed by atoms with E-state index in [1.54, 1.807) is 7.11 Å². The fraction of sp³-hybridized carbons (Fsp3) is 0.412. The van der Waals surface area contributed by atoms with Crippen LogP contribution in [0.4, 0.5) is 0 Å². The normalized spacial score (nSPS) is 10.8. The molecule has 0 radical (unpaired) electrons. The van der Waals surface area contributed by atoms with Gasteiger partial charge in [0.2, 0.25) is 0 Å². The maximum Gasteiger partial charge on any atom is 0.122 e. The number of methoxy groups -OCH3 is 1. The smallest absolute Gasteiger partial charge is 0.122 e. The number of hydrogen-bond donors (Lipinski definition) is 0. The van der Waals surface area contributed by atoms with Crippen LogP contribution < -0.4 is 9.47 Å². The second-order valence-electron chi connectivity index (χ2n) is 4.87. The molecule has 3 heteroatoms. The second kappa shape index (κ2) is 7.39. The van der Waals surface area contributed by atoms with E-state index < -0.39 is 0 Å². The molecule has 0 bridgehead atoms. The van der Waals surface area contributed by atoms with E-state index in [2.05, 4.69) is 19.1 Å². The van der Waals surface area contributed by atoms with Gasteiger partial charge < -0.3 is 9.47 Å². The van der Waals surface area contributed by atoms with Gasteiger partial charge in [0.15, 0.2) is 0 Å².